The molecule has 5 aliphatic rings. The van der Waals surface area contributed by atoms with E-state index in [0.717, 1.165) is 152 Å². The summed E-state index contributed by atoms with van der Waals surface area (Å²) < 4.78 is 3.42. The molecule has 2 aliphatic heterocycles. The van der Waals surface area contributed by atoms with Crippen molar-refractivity contribution in [2.45, 2.75) is 129 Å². The fraction of sp³-hybridized carbons (Fsp3) is 0.412. The molecular weight excluding hydrogens is 1170 g/mol. The van der Waals surface area contributed by atoms with Gasteiger partial charge >= 0.3 is 0 Å². The highest BCUT2D eigenvalue weighted by molar-refractivity contribution is 6.00. The molecular formula is C68H78N16O8. The Morgan fingerprint density at radius 1 is 0.467 bits per heavy atom. The third kappa shape index (κ3) is 13.5. The fourth-order valence-electron chi connectivity index (χ4n) is 13.7. The maximum atomic E-state index is 13.5. The summed E-state index contributed by atoms with van der Waals surface area (Å²) in [5.74, 6) is 0.654. The smallest absolute Gasteiger partial charge is 0.274 e. The van der Waals surface area contributed by atoms with E-state index in [4.69, 9.17) is 20.0 Å². The fourth-order valence-corrected chi connectivity index (χ4v) is 13.7. The molecule has 3 saturated carbocycles. The Kier molecular flexibility index (Phi) is 18.9. The van der Waals surface area contributed by atoms with Gasteiger partial charge in [-0.25, -0.2) is 30.9 Å². The number of carbonyl (C=O) groups is 4. The lowest BCUT2D eigenvalue weighted by Gasteiger charge is -2.37. The third-order valence-electron chi connectivity index (χ3n) is 18.7. The van der Waals surface area contributed by atoms with Crippen molar-refractivity contribution in [1.29, 1.82) is 0 Å². The minimum Gasteiger partial charge on any atom is -0.368 e. The molecule has 24 nitrogen and oxygen atoms in total. The van der Waals surface area contributed by atoms with Crippen LogP contribution in [-0.4, -0.2) is 126 Å². The van der Waals surface area contributed by atoms with Gasteiger partial charge in [-0.3, -0.25) is 47.9 Å². The van der Waals surface area contributed by atoms with E-state index < -0.39 is 5.91 Å². The summed E-state index contributed by atoms with van der Waals surface area (Å²) in [7, 11) is 0. The summed E-state index contributed by atoms with van der Waals surface area (Å²) in [5.41, 5.74) is 11.6. The first-order valence-corrected chi connectivity index (χ1v) is 32.1. The van der Waals surface area contributed by atoms with Crippen LogP contribution in [0.1, 0.15) is 162 Å². The van der Waals surface area contributed by atoms with Crippen molar-refractivity contribution in [1.82, 2.24) is 50.0 Å². The summed E-state index contributed by atoms with van der Waals surface area (Å²) in [5, 5.41) is 16.6. The number of carbonyl (C=O) groups excluding carboxylic acids is 4. The van der Waals surface area contributed by atoms with Gasteiger partial charge in [0.05, 0.1) is 41.0 Å². The number of nitrogens with zero attached hydrogens (tertiary/aromatic N) is 12. The third-order valence-corrected chi connectivity index (χ3v) is 18.7. The maximum Gasteiger partial charge on any atom is 0.274 e. The van der Waals surface area contributed by atoms with Crippen LogP contribution >= 0.6 is 0 Å². The Hall–Kier alpha value is -9.68. The molecule has 5 fully saturated rings. The van der Waals surface area contributed by atoms with E-state index in [1.165, 1.54) is 20.3 Å². The normalized spacial score (nSPS) is 16.6. The topological polar surface area (TPSA) is 280 Å². The Balaban J connectivity index is 0.000000179. The van der Waals surface area contributed by atoms with Gasteiger partial charge in [-0.05, 0) is 150 Å². The van der Waals surface area contributed by atoms with Crippen molar-refractivity contribution >= 4 is 91.7 Å². The lowest BCUT2D eigenvalue weighted by atomic mass is 9.98. The lowest BCUT2D eigenvalue weighted by molar-refractivity contribution is -0.0312. The molecule has 2 saturated heterocycles. The van der Waals surface area contributed by atoms with Gasteiger partial charge in [0.25, 0.3) is 22.9 Å². The molecule has 13 rings (SSSR count). The first-order valence-electron chi connectivity index (χ1n) is 32.1. The van der Waals surface area contributed by atoms with E-state index in [1.54, 1.807) is 53.0 Å². The first kappa shape index (κ1) is 62.5. The van der Waals surface area contributed by atoms with Gasteiger partial charge < -0.3 is 30.2 Å². The highest BCUT2D eigenvalue weighted by Gasteiger charge is 2.29. The van der Waals surface area contributed by atoms with Crippen LogP contribution in [0.15, 0.2) is 107 Å². The van der Waals surface area contributed by atoms with E-state index in [2.05, 4.69) is 55.6 Å². The average Bonchev–Trinajstić information content (AvgIpc) is 1.03. The molecule has 2 amide bonds. The van der Waals surface area contributed by atoms with Crippen LogP contribution in [0, 0.1) is 13.8 Å². The second-order valence-corrected chi connectivity index (χ2v) is 24.5. The summed E-state index contributed by atoms with van der Waals surface area (Å²) in [6.07, 6.45) is 20.4. The number of hydrogen-bond donors (Lipinski definition) is 5. The van der Waals surface area contributed by atoms with E-state index in [1.807, 2.05) is 73.1 Å². The molecule has 2 aromatic carbocycles. The van der Waals surface area contributed by atoms with Crippen LogP contribution in [0.5, 0.6) is 0 Å². The molecule has 8 aromatic rings. The van der Waals surface area contributed by atoms with Crippen molar-refractivity contribution in [3.05, 3.63) is 152 Å². The standard InChI is InChI=1S/C37H44N8O4.C31H34N8O4/c1-24-31-23-39-37(41-34(31)45(28-8-6-7-9-28)36(48)33(24)25(2)46)40-32-17-16-29(22-38-32)44-20-18-43(19-21-44)27-14-12-26(13-15-27)35(47)42-49-30-10-4-3-5-11-30;1-19-25-18-33-31(35-28(25)39(23-5-3-4-6-23)30(42)27(19)20(2)40)34-26-12-11-24(17-32-26)38-15-13-37(14-16-38)22-9-7-21(8-10-22)29(41)36-43/h12-17,22-23,28,30H,3-11,18-21H2,1-2H3,(H,42,47)(H,38,39,40,41);7-12,17-18,23,43H,3-6,13-16H2,1-2H3,(H,36,41)(H,32,33,34,35). The molecule has 5 N–H and O–H groups in total. The monoisotopic (exact) mass is 1250 g/mol. The number of fused-ring (bicyclic) bond motifs is 2. The number of hydroxylamine groups is 2. The van der Waals surface area contributed by atoms with Crippen molar-refractivity contribution in [2.75, 3.05) is 82.6 Å². The minimum atomic E-state index is -0.531. The molecule has 24 heteroatoms. The number of nitrogens with one attached hydrogen (secondary N) is 4. The Bertz CT molecular complexity index is 4130. The number of piperazine rings is 2. The molecule has 3 aliphatic carbocycles. The number of aromatic nitrogens is 8. The molecule has 478 valence electrons. The average molecular weight is 1250 g/mol. The van der Waals surface area contributed by atoms with E-state index in [0.29, 0.717) is 67.9 Å². The molecule has 8 heterocycles. The van der Waals surface area contributed by atoms with Gasteiger partial charge in [0.15, 0.2) is 11.6 Å². The number of amides is 2. The first-order chi connectivity index (χ1) is 44.7. The summed E-state index contributed by atoms with van der Waals surface area (Å²) in [6, 6.07) is 22.7. The van der Waals surface area contributed by atoms with Crippen molar-refractivity contribution in [3.63, 3.8) is 0 Å². The molecule has 6 aromatic heterocycles. The van der Waals surface area contributed by atoms with Crippen molar-refractivity contribution in [2.24, 2.45) is 0 Å². The molecule has 0 radical (unpaired) electrons. The zero-order valence-electron chi connectivity index (χ0n) is 52.5. The molecule has 92 heavy (non-hydrogen) atoms. The number of ketones is 2. The minimum absolute atomic E-state index is 0.0152. The predicted molar refractivity (Wildman–Crippen MR) is 354 cm³/mol. The number of Topliss-reactive ketones (excluding diaryl/α,β-unsaturated/α-hetero) is 2. The van der Waals surface area contributed by atoms with Crippen LogP contribution in [0.4, 0.5) is 46.3 Å². The van der Waals surface area contributed by atoms with Crippen LogP contribution < -0.4 is 52.3 Å². The number of anilines is 8. The summed E-state index contributed by atoms with van der Waals surface area (Å²) in [6.45, 7) is 13.0. The number of hydrogen-bond acceptors (Lipinski definition) is 20. The highest BCUT2D eigenvalue weighted by atomic mass is 16.7. The Labute approximate surface area is 532 Å². The number of benzene rings is 2. The Morgan fingerprint density at radius 3 is 1.21 bits per heavy atom. The number of pyridine rings is 4. The van der Waals surface area contributed by atoms with Gasteiger partial charge in [0.2, 0.25) is 11.9 Å². The van der Waals surface area contributed by atoms with Crippen LogP contribution in [-0.2, 0) is 4.84 Å². The SMILES string of the molecule is CC(=O)c1c(C)c2cnc(Nc3ccc(N4CCN(c5ccc(C(=O)NO)cc5)CC4)cn3)nc2n(C2CCCC2)c1=O.CC(=O)c1c(C)c2cnc(Nc3ccc(N4CCN(c5ccc(C(=O)NOC6CCCCC6)cc5)CC4)cn3)nc2n(C2CCCC2)c1=O. The zero-order chi connectivity index (χ0) is 64.0. The zero-order valence-corrected chi connectivity index (χ0v) is 52.5. The molecule has 0 bridgehead atoms. The van der Waals surface area contributed by atoms with Gasteiger partial charge in [-0.2, -0.15) is 9.97 Å². The lowest BCUT2D eigenvalue weighted by Crippen LogP contribution is -2.46. The number of rotatable bonds is 16. The highest BCUT2D eigenvalue weighted by Crippen LogP contribution is 2.35. The summed E-state index contributed by atoms with van der Waals surface area (Å²) in [4.78, 5) is 118. The number of aryl methyl sites for hydroxylation is 2. The van der Waals surface area contributed by atoms with Gasteiger partial charge in [-0.15, -0.1) is 0 Å². The van der Waals surface area contributed by atoms with Crippen LogP contribution in [0.3, 0.4) is 0 Å². The van der Waals surface area contributed by atoms with Gasteiger partial charge in [-0.1, -0.05) is 44.9 Å². The maximum absolute atomic E-state index is 13.5. The van der Waals surface area contributed by atoms with E-state index >= 15 is 0 Å². The van der Waals surface area contributed by atoms with Crippen molar-refractivity contribution in [3.8, 4) is 0 Å². The molecule has 0 atom stereocenters. The van der Waals surface area contributed by atoms with Crippen molar-refractivity contribution < 1.29 is 29.2 Å². The quantitative estimate of drug-likeness (QED) is 0.0342. The summed E-state index contributed by atoms with van der Waals surface area (Å²) >= 11 is 0. The van der Waals surface area contributed by atoms with Crippen LogP contribution in [0.2, 0.25) is 0 Å². The second kappa shape index (κ2) is 27.8. The molecule has 0 unspecified atom stereocenters. The largest absolute Gasteiger partial charge is 0.368 e. The van der Waals surface area contributed by atoms with Crippen LogP contribution in [0.25, 0.3) is 22.1 Å². The van der Waals surface area contributed by atoms with E-state index in [-0.39, 0.29) is 57.9 Å². The Morgan fingerprint density at radius 2 is 0.837 bits per heavy atom. The van der Waals surface area contributed by atoms with Gasteiger partial charge in [0.1, 0.15) is 22.9 Å². The van der Waals surface area contributed by atoms with Gasteiger partial charge in [0, 0.05) is 110 Å². The predicted octanol–water partition coefficient (Wildman–Crippen LogP) is 9.88. The second-order valence-electron chi connectivity index (χ2n) is 24.5. The van der Waals surface area contributed by atoms with E-state index in [9.17, 15) is 28.8 Å². The molecule has 0 spiro atoms.